The summed E-state index contributed by atoms with van der Waals surface area (Å²) in [6, 6.07) is 0. The third-order valence-electron chi connectivity index (χ3n) is 4.28. The molecule has 2 atom stereocenters. The van der Waals surface area contributed by atoms with Gasteiger partial charge in [-0.1, -0.05) is 84.0 Å². The molecule has 0 aliphatic carbocycles. The molecule has 1 saturated heterocycles. The molecule has 3 nitrogen and oxygen atoms in total. The van der Waals surface area contributed by atoms with Crippen molar-refractivity contribution in [2.45, 2.75) is 109 Å². The average molecular weight is 286 g/mol. The molecule has 0 bridgehead atoms. The minimum absolute atomic E-state index is 0.575. The van der Waals surface area contributed by atoms with Gasteiger partial charge in [0.1, 0.15) is 0 Å². The highest BCUT2D eigenvalue weighted by atomic mass is 16.8. The quantitative estimate of drug-likeness (QED) is 0.365. The molecule has 0 aromatic carbocycles. The second kappa shape index (κ2) is 10.6. The Morgan fingerprint density at radius 3 is 1.45 bits per heavy atom. The van der Waals surface area contributed by atoms with Gasteiger partial charge in [0, 0.05) is 6.42 Å². The molecule has 2 N–H and O–H groups in total. The summed E-state index contributed by atoms with van der Waals surface area (Å²) in [4.78, 5) is 0. The van der Waals surface area contributed by atoms with Crippen LogP contribution in [-0.2, 0) is 4.74 Å². The molecule has 20 heavy (non-hydrogen) atoms. The van der Waals surface area contributed by atoms with Crippen LogP contribution in [0.2, 0.25) is 0 Å². The van der Waals surface area contributed by atoms with Gasteiger partial charge in [-0.15, -0.1) is 0 Å². The predicted octanol–water partition coefficient (Wildman–Crippen LogP) is 4.50. The SMILES string of the molecule is CCCCCCCCCCCCCCCC1(O)OC1O. The van der Waals surface area contributed by atoms with E-state index < -0.39 is 12.1 Å². The zero-order valence-corrected chi connectivity index (χ0v) is 13.3. The highest BCUT2D eigenvalue weighted by molar-refractivity contribution is 4.83. The maximum absolute atomic E-state index is 9.50. The van der Waals surface area contributed by atoms with Gasteiger partial charge in [-0.3, -0.25) is 0 Å². The molecule has 3 heteroatoms. The normalized spacial score (nSPS) is 25.1. The fraction of sp³-hybridized carbons (Fsp3) is 1.00. The van der Waals surface area contributed by atoms with E-state index in [0.29, 0.717) is 6.42 Å². The smallest absolute Gasteiger partial charge is 0.220 e. The van der Waals surface area contributed by atoms with Crippen LogP contribution >= 0.6 is 0 Å². The molecular weight excluding hydrogens is 252 g/mol. The van der Waals surface area contributed by atoms with E-state index in [0.717, 1.165) is 12.8 Å². The second-order valence-electron chi connectivity index (χ2n) is 6.31. The van der Waals surface area contributed by atoms with Gasteiger partial charge in [0.15, 0.2) is 0 Å². The topological polar surface area (TPSA) is 53.0 Å². The minimum atomic E-state index is -1.20. The largest absolute Gasteiger partial charge is 0.364 e. The van der Waals surface area contributed by atoms with Crippen LogP contribution in [0.3, 0.4) is 0 Å². The maximum Gasteiger partial charge on any atom is 0.220 e. The number of ether oxygens (including phenoxy) is 1. The molecule has 0 radical (unpaired) electrons. The summed E-state index contributed by atoms with van der Waals surface area (Å²) in [6.45, 7) is 2.26. The van der Waals surface area contributed by atoms with Gasteiger partial charge in [-0.25, -0.2) is 0 Å². The highest BCUT2D eigenvalue weighted by Crippen LogP contribution is 2.36. The first-order valence-electron chi connectivity index (χ1n) is 8.77. The van der Waals surface area contributed by atoms with Crippen molar-refractivity contribution in [1.29, 1.82) is 0 Å². The number of aliphatic hydroxyl groups is 2. The van der Waals surface area contributed by atoms with Crippen molar-refractivity contribution in [2.75, 3.05) is 0 Å². The Morgan fingerprint density at radius 1 is 0.750 bits per heavy atom. The van der Waals surface area contributed by atoms with E-state index >= 15 is 0 Å². The number of unbranched alkanes of at least 4 members (excludes halogenated alkanes) is 12. The molecule has 0 spiro atoms. The lowest BCUT2D eigenvalue weighted by atomic mass is 10.0. The standard InChI is InChI=1S/C17H34O3/c1-2-3-4-5-6-7-8-9-10-11-12-13-14-15-17(19)16(18)20-17/h16,18-19H,2-15H2,1H3. The zero-order valence-electron chi connectivity index (χ0n) is 13.3. The molecule has 120 valence electrons. The van der Waals surface area contributed by atoms with Crippen LogP contribution < -0.4 is 0 Å². The molecule has 1 aliphatic rings. The van der Waals surface area contributed by atoms with Crippen LogP contribution in [0.4, 0.5) is 0 Å². The van der Waals surface area contributed by atoms with Crippen molar-refractivity contribution in [3.05, 3.63) is 0 Å². The van der Waals surface area contributed by atoms with Gasteiger partial charge < -0.3 is 14.9 Å². The lowest BCUT2D eigenvalue weighted by Gasteiger charge is -2.04. The average Bonchev–Trinajstić information content (AvgIpc) is 3.03. The van der Waals surface area contributed by atoms with E-state index in [1.165, 1.54) is 70.6 Å². The Kier molecular flexibility index (Phi) is 9.49. The van der Waals surface area contributed by atoms with Crippen LogP contribution in [0.15, 0.2) is 0 Å². The van der Waals surface area contributed by atoms with E-state index in [-0.39, 0.29) is 0 Å². The number of rotatable bonds is 14. The summed E-state index contributed by atoms with van der Waals surface area (Å²) in [6.07, 6.45) is 16.8. The molecule has 1 aliphatic heterocycles. The molecule has 1 heterocycles. The minimum Gasteiger partial charge on any atom is -0.364 e. The van der Waals surface area contributed by atoms with Crippen molar-refractivity contribution in [2.24, 2.45) is 0 Å². The third-order valence-corrected chi connectivity index (χ3v) is 4.28. The monoisotopic (exact) mass is 286 g/mol. The number of aliphatic hydroxyl groups excluding tert-OH is 1. The number of epoxide rings is 1. The molecule has 2 unspecified atom stereocenters. The van der Waals surface area contributed by atoms with Crippen LogP contribution in [0.5, 0.6) is 0 Å². The van der Waals surface area contributed by atoms with Gasteiger partial charge in [0.05, 0.1) is 0 Å². The first-order chi connectivity index (χ1) is 9.69. The van der Waals surface area contributed by atoms with Crippen molar-refractivity contribution in [3.63, 3.8) is 0 Å². The molecule has 1 fully saturated rings. The van der Waals surface area contributed by atoms with Crippen molar-refractivity contribution in [1.82, 2.24) is 0 Å². The van der Waals surface area contributed by atoms with E-state index in [1.807, 2.05) is 0 Å². The van der Waals surface area contributed by atoms with Gasteiger partial charge in [-0.05, 0) is 6.42 Å². The maximum atomic E-state index is 9.50. The van der Waals surface area contributed by atoms with Gasteiger partial charge in [-0.2, -0.15) is 0 Å². The Labute approximate surface area is 124 Å². The highest BCUT2D eigenvalue weighted by Gasteiger charge is 2.53. The molecule has 0 saturated carbocycles. The van der Waals surface area contributed by atoms with Crippen LogP contribution in [0.25, 0.3) is 0 Å². The Bertz CT molecular complexity index is 232. The van der Waals surface area contributed by atoms with Gasteiger partial charge in [0.2, 0.25) is 12.1 Å². The van der Waals surface area contributed by atoms with Gasteiger partial charge in [0.25, 0.3) is 0 Å². The Hall–Kier alpha value is -0.120. The van der Waals surface area contributed by atoms with E-state index in [1.54, 1.807) is 0 Å². The Balaban J connectivity index is 1.69. The van der Waals surface area contributed by atoms with E-state index in [9.17, 15) is 5.11 Å². The van der Waals surface area contributed by atoms with Crippen molar-refractivity contribution >= 4 is 0 Å². The number of hydrogen-bond donors (Lipinski definition) is 2. The summed E-state index contributed by atoms with van der Waals surface area (Å²) in [7, 11) is 0. The first-order valence-corrected chi connectivity index (χ1v) is 8.77. The number of hydrogen-bond acceptors (Lipinski definition) is 3. The van der Waals surface area contributed by atoms with Crippen LogP contribution in [-0.4, -0.2) is 22.3 Å². The molecular formula is C17H34O3. The fourth-order valence-electron chi connectivity index (χ4n) is 2.74. The molecule has 0 aromatic heterocycles. The second-order valence-corrected chi connectivity index (χ2v) is 6.31. The third kappa shape index (κ3) is 8.23. The molecule has 0 amide bonds. The van der Waals surface area contributed by atoms with E-state index in [4.69, 9.17) is 9.84 Å². The van der Waals surface area contributed by atoms with Crippen molar-refractivity contribution in [3.8, 4) is 0 Å². The van der Waals surface area contributed by atoms with Gasteiger partial charge >= 0.3 is 0 Å². The van der Waals surface area contributed by atoms with Crippen LogP contribution in [0.1, 0.15) is 96.8 Å². The van der Waals surface area contributed by atoms with Crippen LogP contribution in [0, 0.1) is 0 Å². The predicted molar refractivity (Wildman–Crippen MR) is 82.4 cm³/mol. The summed E-state index contributed by atoms with van der Waals surface area (Å²) >= 11 is 0. The Morgan fingerprint density at radius 2 is 1.10 bits per heavy atom. The summed E-state index contributed by atoms with van der Waals surface area (Å²) < 4.78 is 4.72. The summed E-state index contributed by atoms with van der Waals surface area (Å²) in [5, 5.41) is 18.5. The summed E-state index contributed by atoms with van der Waals surface area (Å²) in [5.74, 6) is -1.20. The lowest BCUT2D eigenvalue weighted by Crippen LogP contribution is -2.13. The zero-order chi connectivity index (χ0) is 14.7. The first kappa shape index (κ1) is 17.9. The van der Waals surface area contributed by atoms with E-state index in [2.05, 4.69) is 6.92 Å². The lowest BCUT2D eigenvalue weighted by molar-refractivity contribution is 0.0252. The molecule has 0 aromatic rings. The van der Waals surface area contributed by atoms with Crippen molar-refractivity contribution < 1.29 is 14.9 Å². The molecule has 1 rings (SSSR count). The fourth-order valence-corrected chi connectivity index (χ4v) is 2.74. The summed E-state index contributed by atoms with van der Waals surface area (Å²) in [5.41, 5.74) is 0.